The Morgan fingerprint density at radius 2 is 1.95 bits per heavy atom. The molecule has 0 aliphatic heterocycles. The van der Waals surface area contributed by atoms with Crippen molar-refractivity contribution in [3.63, 3.8) is 0 Å². The van der Waals surface area contributed by atoms with Gasteiger partial charge in [0, 0.05) is 49.2 Å². The van der Waals surface area contributed by atoms with Gasteiger partial charge in [-0.1, -0.05) is 73.7 Å². The first-order chi connectivity index (χ1) is 20.4. The number of carboxylic acid groups (broad SMARTS) is 1. The van der Waals surface area contributed by atoms with Gasteiger partial charge in [0.25, 0.3) is 0 Å². The van der Waals surface area contributed by atoms with Gasteiger partial charge in [0.15, 0.2) is 0 Å². The molecule has 1 atom stereocenters. The molecule has 2 aromatic heterocycles. The second-order valence-electron chi connectivity index (χ2n) is 11.4. The molecular formula is C36H37KN4O2. The van der Waals surface area contributed by atoms with Crippen molar-refractivity contribution in [2.45, 2.75) is 58.9 Å². The average Bonchev–Trinajstić information content (AvgIpc) is 3.20. The molecule has 0 bridgehead atoms. The van der Waals surface area contributed by atoms with Crippen LogP contribution in [-0.2, 0) is 32.9 Å². The van der Waals surface area contributed by atoms with Crippen LogP contribution in [0.5, 0.6) is 0 Å². The average molecular weight is 597 g/mol. The Labute approximate surface area is 296 Å². The summed E-state index contributed by atoms with van der Waals surface area (Å²) >= 11 is 0. The van der Waals surface area contributed by atoms with Gasteiger partial charge in [-0.05, 0) is 61.5 Å². The van der Waals surface area contributed by atoms with Crippen LogP contribution in [0.4, 0.5) is 0 Å². The van der Waals surface area contributed by atoms with E-state index in [1.54, 1.807) is 12.1 Å². The van der Waals surface area contributed by atoms with E-state index in [0.717, 1.165) is 79.1 Å². The predicted molar refractivity (Wildman–Crippen MR) is 167 cm³/mol. The number of hydrogen-bond acceptors (Lipinski definition) is 4. The number of benzene rings is 1. The zero-order chi connectivity index (χ0) is 29.2. The second-order valence-corrected chi connectivity index (χ2v) is 11.4. The van der Waals surface area contributed by atoms with Crippen molar-refractivity contribution in [2.24, 2.45) is 13.0 Å². The van der Waals surface area contributed by atoms with Crippen LogP contribution < -0.4 is 56.5 Å². The molecule has 3 aromatic rings. The first kappa shape index (κ1) is 31.6. The number of carbonyl (C=O) groups is 1. The predicted octanol–water partition coefficient (Wildman–Crippen LogP) is 3.15. The number of aromatic nitrogens is 4. The zero-order valence-electron chi connectivity index (χ0n) is 25.6. The first-order valence-electron chi connectivity index (χ1n) is 15.0. The van der Waals surface area contributed by atoms with Gasteiger partial charge in [-0.3, -0.25) is 0 Å². The monoisotopic (exact) mass is 596 g/mol. The number of hydrogen-bond donors (Lipinski definition) is 0. The Bertz CT molecular complexity index is 1730. The third-order valence-corrected chi connectivity index (χ3v) is 8.43. The SMILES string of the molecule is CCCc1nc2c(n1CC1C=CC=C(c3ccccc3C(=O)[O-])C=C1)CC=C(c1nc3c(n1C)C=CCCC3)C=C2C.[K+]. The number of nitrogens with zero attached hydrogens (tertiary/aromatic N) is 4. The molecule has 3 aliphatic rings. The molecule has 2 heterocycles. The molecule has 3 aliphatic carbocycles. The smallest absolute Gasteiger partial charge is 0.545 e. The summed E-state index contributed by atoms with van der Waals surface area (Å²) in [6.07, 6.45) is 25.4. The summed E-state index contributed by atoms with van der Waals surface area (Å²) in [7, 11) is 2.12. The maximum Gasteiger partial charge on any atom is 1.00 e. The van der Waals surface area contributed by atoms with Gasteiger partial charge >= 0.3 is 51.4 Å². The van der Waals surface area contributed by atoms with Gasteiger partial charge in [-0.2, -0.15) is 0 Å². The molecule has 6 rings (SSSR count). The molecule has 0 saturated carbocycles. The molecule has 0 fully saturated rings. The molecular weight excluding hydrogens is 560 g/mol. The summed E-state index contributed by atoms with van der Waals surface area (Å²) in [5.74, 6) is 1.10. The molecule has 6 nitrogen and oxygen atoms in total. The Hall–Kier alpha value is -2.81. The van der Waals surface area contributed by atoms with Crippen molar-refractivity contribution >= 4 is 28.8 Å². The third-order valence-electron chi connectivity index (χ3n) is 8.43. The van der Waals surface area contributed by atoms with Crippen molar-refractivity contribution in [1.82, 2.24) is 19.1 Å². The summed E-state index contributed by atoms with van der Waals surface area (Å²) in [6.45, 7) is 5.13. The summed E-state index contributed by atoms with van der Waals surface area (Å²) in [4.78, 5) is 22.0. The summed E-state index contributed by atoms with van der Waals surface area (Å²) in [6, 6.07) is 7.01. The molecule has 1 aromatic carbocycles. The fourth-order valence-electron chi connectivity index (χ4n) is 6.29. The number of rotatable bonds is 7. The Kier molecular flexibility index (Phi) is 10.2. The van der Waals surface area contributed by atoms with E-state index in [2.05, 4.69) is 66.5 Å². The van der Waals surface area contributed by atoms with Crippen LogP contribution in [0.15, 0.2) is 72.9 Å². The minimum absolute atomic E-state index is 0. The van der Waals surface area contributed by atoms with Gasteiger partial charge < -0.3 is 19.0 Å². The molecule has 7 heteroatoms. The van der Waals surface area contributed by atoms with E-state index in [4.69, 9.17) is 9.97 Å². The van der Waals surface area contributed by atoms with Crippen molar-refractivity contribution in [3.8, 4) is 0 Å². The maximum absolute atomic E-state index is 11.7. The Morgan fingerprint density at radius 1 is 1.12 bits per heavy atom. The zero-order valence-corrected chi connectivity index (χ0v) is 28.8. The van der Waals surface area contributed by atoms with Crippen molar-refractivity contribution in [1.29, 1.82) is 0 Å². The molecule has 0 N–H and O–H groups in total. The van der Waals surface area contributed by atoms with Gasteiger partial charge in [0.2, 0.25) is 0 Å². The number of fused-ring (bicyclic) bond motifs is 2. The van der Waals surface area contributed by atoms with Gasteiger partial charge in [-0.25, -0.2) is 9.97 Å². The van der Waals surface area contributed by atoms with E-state index in [0.29, 0.717) is 5.56 Å². The van der Waals surface area contributed by atoms with E-state index in [1.807, 2.05) is 30.4 Å². The Balaban J connectivity index is 0.00000368. The minimum atomic E-state index is -1.16. The topological polar surface area (TPSA) is 75.8 Å². The van der Waals surface area contributed by atoms with Gasteiger partial charge in [-0.15, -0.1) is 0 Å². The van der Waals surface area contributed by atoms with E-state index in [-0.39, 0.29) is 62.9 Å². The van der Waals surface area contributed by atoms with Crippen LogP contribution in [0.3, 0.4) is 0 Å². The number of carboxylic acids is 1. The maximum atomic E-state index is 11.7. The van der Waals surface area contributed by atoms with Crippen molar-refractivity contribution < 1.29 is 61.3 Å². The first-order valence-corrected chi connectivity index (χ1v) is 15.0. The van der Waals surface area contributed by atoms with Crippen LogP contribution in [0.1, 0.15) is 83.5 Å². The number of allylic oxidation sites excluding steroid dienone is 11. The number of carbonyl (C=O) groups excluding carboxylic acids is 1. The van der Waals surface area contributed by atoms with E-state index >= 15 is 0 Å². The van der Waals surface area contributed by atoms with Crippen LogP contribution in [-0.4, -0.2) is 25.1 Å². The van der Waals surface area contributed by atoms with Crippen LogP contribution in [0.2, 0.25) is 0 Å². The van der Waals surface area contributed by atoms with Crippen molar-refractivity contribution in [2.75, 3.05) is 0 Å². The normalized spacial score (nSPS) is 17.5. The molecule has 214 valence electrons. The largest absolute Gasteiger partial charge is 1.00 e. The standard InChI is InChI=1S/C36H38N4O2.K/c1-4-11-33-38-34-24(2)22-27(35-37-30-16-6-5-7-17-31(30)39(35)3)20-21-32(34)40(33)23-25-12-10-13-26(19-18-25)28-14-8-9-15-29(28)36(41)42;/h7-10,12-15,17-20,22,25H,4-6,11,16,21,23H2,1-3H3,(H,41,42);/q;+1/p-1. The van der Waals surface area contributed by atoms with E-state index in [1.165, 1.54) is 17.1 Å². The van der Waals surface area contributed by atoms with Crippen molar-refractivity contribution in [3.05, 3.63) is 118 Å². The molecule has 0 radical (unpaired) electrons. The van der Waals surface area contributed by atoms with Crippen LogP contribution in [0, 0.1) is 5.92 Å². The minimum Gasteiger partial charge on any atom is -0.545 e. The summed E-state index contributed by atoms with van der Waals surface area (Å²) in [5.41, 5.74) is 8.75. The van der Waals surface area contributed by atoms with Crippen LogP contribution >= 0.6 is 0 Å². The number of aryl methyl sites for hydroxylation is 2. The van der Waals surface area contributed by atoms with Crippen LogP contribution in [0.25, 0.3) is 22.8 Å². The Morgan fingerprint density at radius 3 is 2.77 bits per heavy atom. The molecule has 0 spiro atoms. The van der Waals surface area contributed by atoms with Gasteiger partial charge in [0.05, 0.1) is 23.1 Å². The number of imidazole rings is 2. The summed E-state index contributed by atoms with van der Waals surface area (Å²) in [5, 5.41) is 11.7. The summed E-state index contributed by atoms with van der Waals surface area (Å²) < 4.78 is 4.64. The quantitative estimate of drug-likeness (QED) is 0.393. The fourth-order valence-corrected chi connectivity index (χ4v) is 6.29. The van der Waals surface area contributed by atoms with E-state index < -0.39 is 5.97 Å². The third kappa shape index (κ3) is 6.52. The van der Waals surface area contributed by atoms with Gasteiger partial charge in [0.1, 0.15) is 11.6 Å². The molecule has 1 unspecified atom stereocenters. The second kappa shape index (κ2) is 13.9. The fraction of sp³-hybridized carbons (Fsp3) is 0.306. The molecule has 0 amide bonds. The van der Waals surface area contributed by atoms with E-state index in [9.17, 15) is 9.90 Å². The molecule has 43 heavy (non-hydrogen) atoms. The molecule has 0 saturated heterocycles. The number of aromatic carboxylic acids is 1.